The fourth-order valence-corrected chi connectivity index (χ4v) is 4.88. The predicted molar refractivity (Wildman–Crippen MR) is 123 cm³/mol. The van der Waals surface area contributed by atoms with Gasteiger partial charge in [0.1, 0.15) is 17.7 Å². The van der Waals surface area contributed by atoms with Crippen molar-refractivity contribution >= 4 is 29.3 Å². The van der Waals surface area contributed by atoms with Crippen LogP contribution in [-0.2, 0) is 9.53 Å². The number of halogens is 2. The Hall–Kier alpha value is -3.41. The molecule has 0 bridgehead atoms. The van der Waals surface area contributed by atoms with Gasteiger partial charge >= 0.3 is 0 Å². The molecule has 10 nitrogen and oxygen atoms in total. The lowest BCUT2D eigenvalue weighted by atomic mass is 9.78. The van der Waals surface area contributed by atoms with Gasteiger partial charge in [0.25, 0.3) is 5.91 Å². The van der Waals surface area contributed by atoms with Gasteiger partial charge in [0.2, 0.25) is 6.43 Å². The topological polar surface area (TPSA) is 107 Å². The summed E-state index contributed by atoms with van der Waals surface area (Å²) < 4.78 is 35.5. The Labute approximate surface area is 200 Å². The third-order valence-electron chi connectivity index (χ3n) is 6.80. The second kappa shape index (κ2) is 10.1. The zero-order valence-corrected chi connectivity index (χ0v) is 19.1. The maximum Gasteiger partial charge on any atom is 0.261 e. The van der Waals surface area contributed by atoms with Crippen LogP contribution in [0.2, 0.25) is 0 Å². The summed E-state index contributed by atoms with van der Waals surface area (Å²) in [5.41, 5.74) is 1.20. The lowest BCUT2D eigenvalue weighted by molar-refractivity contribution is -0.117. The van der Waals surface area contributed by atoms with E-state index in [0.717, 1.165) is 25.3 Å². The summed E-state index contributed by atoms with van der Waals surface area (Å²) in [6.07, 6.45) is 6.47. The first-order valence-corrected chi connectivity index (χ1v) is 11.8. The highest BCUT2D eigenvalue weighted by molar-refractivity contribution is 6.08. The van der Waals surface area contributed by atoms with Gasteiger partial charge in [-0.3, -0.25) is 9.48 Å². The molecule has 0 spiro atoms. The molecule has 0 unspecified atom stereocenters. The Balaban J connectivity index is 1.30. The van der Waals surface area contributed by atoms with Crippen LogP contribution in [0.15, 0.2) is 30.9 Å². The van der Waals surface area contributed by atoms with E-state index in [9.17, 15) is 18.4 Å². The lowest BCUT2D eigenvalue weighted by Gasteiger charge is -2.32. The first kappa shape index (κ1) is 23.3. The molecular weight excluding hydrogens is 460 g/mol. The molecule has 3 aromatic rings. The van der Waals surface area contributed by atoms with Gasteiger partial charge in [-0.05, 0) is 31.7 Å². The van der Waals surface area contributed by atoms with Crippen molar-refractivity contribution in [3.8, 4) is 0 Å². The van der Waals surface area contributed by atoms with Gasteiger partial charge in [-0.25, -0.2) is 18.3 Å². The number of nitrogens with zero attached hydrogens (tertiary/aromatic N) is 6. The van der Waals surface area contributed by atoms with E-state index in [4.69, 9.17) is 4.74 Å². The van der Waals surface area contributed by atoms with E-state index in [2.05, 4.69) is 25.4 Å². The molecule has 5 rings (SSSR count). The standard InChI is InChI=1S/C23H27F2N7O3/c24-21(25)18-10-17(3-2-15(18)14-33)32-13-16(11-26-32)28-23(34)19-12-27-31-6-4-20(29-22(19)31)30-5-1-8-35-9-7-30/h4,6,11-15,17-18,21H,1-3,5,7-10H2,(H,28,34)/t15-,17+,18+/m1/s1. The number of anilines is 2. The van der Waals surface area contributed by atoms with Gasteiger partial charge in [-0.2, -0.15) is 10.2 Å². The molecule has 3 aromatic heterocycles. The highest BCUT2D eigenvalue weighted by atomic mass is 19.3. The second-order valence-electron chi connectivity index (χ2n) is 8.99. The Morgan fingerprint density at radius 3 is 2.91 bits per heavy atom. The summed E-state index contributed by atoms with van der Waals surface area (Å²) in [5, 5.41) is 11.3. The molecule has 1 aliphatic carbocycles. The van der Waals surface area contributed by atoms with Crippen LogP contribution in [0.1, 0.15) is 42.1 Å². The van der Waals surface area contributed by atoms with Gasteiger partial charge < -0.3 is 19.7 Å². The van der Waals surface area contributed by atoms with E-state index in [1.807, 2.05) is 6.07 Å². The summed E-state index contributed by atoms with van der Waals surface area (Å²) in [5.74, 6) is -1.25. The first-order chi connectivity index (χ1) is 17.0. The third kappa shape index (κ3) is 4.88. The number of aldehydes is 1. The molecule has 35 heavy (non-hydrogen) atoms. The normalized spacial score (nSPS) is 23.4. The number of alkyl halides is 2. The summed E-state index contributed by atoms with van der Waals surface area (Å²) >= 11 is 0. The number of ether oxygens (including phenoxy) is 1. The van der Waals surface area contributed by atoms with E-state index in [0.29, 0.717) is 49.2 Å². The van der Waals surface area contributed by atoms with Crippen LogP contribution in [0.5, 0.6) is 0 Å². The van der Waals surface area contributed by atoms with Gasteiger partial charge in [-0.15, -0.1) is 0 Å². The van der Waals surface area contributed by atoms with Crippen molar-refractivity contribution < 1.29 is 23.1 Å². The SMILES string of the molecule is O=C[C@H]1CC[C@H](n2cc(NC(=O)c3cnn4ccc(N5CCCOCC5)nc34)cn2)C[C@@H]1C(F)F. The highest BCUT2D eigenvalue weighted by Crippen LogP contribution is 2.39. The van der Waals surface area contributed by atoms with E-state index >= 15 is 0 Å². The van der Waals surface area contributed by atoms with Crippen LogP contribution >= 0.6 is 0 Å². The lowest BCUT2D eigenvalue weighted by Crippen LogP contribution is -2.32. The molecule has 1 aliphatic heterocycles. The molecule has 3 atom stereocenters. The van der Waals surface area contributed by atoms with Crippen molar-refractivity contribution in [3.05, 3.63) is 36.4 Å². The highest BCUT2D eigenvalue weighted by Gasteiger charge is 2.37. The van der Waals surface area contributed by atoms with E-state index in [1.165, 1.54) is 12.4 Å². The Morgan fingerprint density at radius 1 is 1.20 bits per heavy atom. The molecule has 1 N–H and O–H groups in total. The average Bonchev–Trinajstić information content (AvgIpc) is 3.42. The Kier molecular flexibility index (Phi) is 6.71. The molecule has 2 fully saturated rings. The number of hydrogen-bond donors (Lipinski definition) is 1. The van der Waals surface area contributed by atoms with Crippen LogP contribution in [0.4, 0.5) is 20.3 Å². The summed E-state index contributed by atoms with van der Waals surface area (Å²) in [7, 11) is 0. The van der Waals surface area contributed by atoms with Crippen LogP contribution < -0.4 is 10.2 Å². The van der Waals surface area contributed by atoms with E-state index in [1.54, 1.807) is 21.6 Å². The number of amides is 1. The van der Waals surface area contributed by atoms with Crippen molar-refractivity contribution in [1.82, 2.24) is 24.4 Å². The second-order valence-corrected chi connectivity index (χ2v) is 8.99. The number of rotatable bonds is 6. The van der Waals surface area contributed by atoms with Crippen LogP contribution in [0, 0.1) is 11.8 Å². The van der Waals surface area contributed by atoms with E-state index in [-0.39, 0.29) is 12.5 Å². The largest absolute Gasteiger partial charge is 0.380 e. The van der Waals surface area contributed by atoms with Crippen molar-refractivity contribution in [1.29, 1.82) is 0 Å². The van der Waals surface area contributed by atoms with Crippen LogP contribution in [-0.4, -0.2) is 69.3 Å². The number of carbonyl (C=O) groups excluding carboxylic acids is 2. The zero-order valence-electron chi connectivity index (χ0n) is 19.1. The van der Waals surface area contributed by atoms with Gasteiger partial charge in [-0.1, -0.05) is 0 Å². The van der Waals surface area contributed by atoms with Crippen LogP contribution in [0.3, 0.4) is 0 Å². The first-order valence-electron chi connectivity index (χ1n) is 11.8. The Morgan fingerprint density at radius 2 is 2.09 bits per heavy atom. The number of aromatic nitrogens is 5. The number of fused-ring (bicyclic) bond motifs is 1. The minimum absolute atomic E-state index is 0.165. The van der Waals surface area contributed by atoms with Gasteiger partial charge in [0, 0.05) is 43.9 Å². The van der Waals surface area contributed by atoms with E-state index < -0.39 is 24.2 Å². The number of nitrogens with one attached hydrogen (secondary N) is 1. The molecule has 1 saturated carbocycles. The number of hydrogen-bond acceptors (Lipinski definition) is 7. The fourth-order valence-electron chi connectivity index (χ4n) is 4.88. The molecular formula is C23H27F2N7O3. The van der Waals surface area contributed by atoms with Crippen molar-refractivity contribution in [2.45, 2.75) is 38.2 Å². The maximum atomic E-state index is 13.4. The maximum absolute atomic E-state index is 13.4. The molecule has 1 amide bonds. The zero-order chi connectivity index (χ0) is 24.4. The minimum atomic E-state index is -2.56. The van der Waals surface area contributed by atoms with Crippen molar-refractivity contribution in [2.75, 3.05) is 36.5 Å². The predicted octanol–water partition coefficient (Wildman–Crippen LogP) is 2.83. The van der Waals surface area contributed by atoms with Crippen LogP contribution in [0.25, 0.3) is 5.65 Å². The average molecular weight is 488 g/mol. The smallest absolute Gasteiger partial charge is 0.261 e. The third-order valence-corrected chi connectivity index (χ3v) is 6.80. The molecule has 0 aromatic carbocycles. The van der Waals surface area contributed by atoms with Crippen molar-refractivity contribution in [3.63, 3.8) is 0 Å². The molecule has 1 saturated heterocycles. The number of carbonyl (C=O) groups is 2. The fraction of sp³-hybridized carbons (Fsp3) is 0.522. The van der Waals surface area contributed by atoms with Gasteiger partial charge in [0.15, 0.2) is 5.65 Å². The quantitative estimate of drug-likeness (QED) is 0.533. The summed E-state index contributed by atoms with van der Waals surface area (Å²) in [6, 6.07) is 1.61. The molecule has 186 valence electrons. The van der Waals surface area contributed by atoms with Crippen molar-refractivity contribution in [2.24, 2.45) is 11.8 Å². The summed E-state index contributed by atoms with van der Waals surface area (Å²) in [4.78, 5) is 31.0. The molecule has 12 heteroatoms. The minimum Gasteiger partial charge on any atom is -0.380 e. The molecule has 0 radical (unpaired) electrons. The molecule has 2 aliphatic rings. The summed E-state index contributed by atoms with van der Waals surface area (Å²) in [6.45, 7) is 2.88. The Bertz CT molecular complexity index is 1190. The van der Waals surface area contributed by atoms with Gasteiger partial charge in [0.05, 0.1) is 30.7 Å². The monoisotopic (exact) mass is 487 g/mol. The molecule has 4 heterocycles.